The fourth-order valence-corrected chi connectivity index (χ4v) is 3.00. The molecule has 1 heterocycles. The third-order valence-corrected chi connectivity index (χ3v) is 4.32. The highest BCUT2D eigenvalue weighted by atomic mass is 15.2. The van der Waals surface area contributed by atoms with Crippen molar-refractivity contribution >= 4 is 0 Å². The highest BCUT2D eigenvalue weighted by molar-refractivity contribution is 5.24. The zero-order valence-electron chi connectivity index (χ0n) is 12.9. The number of rotatable bonds is 5. The lowest BCUT2D eigenvalue weighted by molar-refractivity contribution is 0.276. The highest BCUT2D eigenvalue weighted by Gasteiger charge is 2.29. The van der Waals surface area contributed by atoms with Crippen LogP contribution in [-0.2, 0) is 0 Å². The van der Waals surface area contributed by atoms with Crippen molar-refractivity contribution in [2.24, 2.45) is 5.41 Å². The molecule has 0 spiro atoms. The SMILES string of the molecule is CNC(CCN1CCC(C)(C)C1)c1ccc(C)cc1. The summed E-state index contributed by atoms with van der Waals surface area (Å²) < 4.78 is 0. The molecular weight excluding hydrogens is 232 g/mol. The average molecular weight is 260 g/mol. The molecule has 2 heteroatoms. The van der Waals surface area contributed by atoms with E-state index in [2.05, 4.69) is 62.3 Å². The quantitative estimate of drug-likeness (QED) is 0.873. The minimum Gasteiger partial charge on any atom is -0.313 e. The number of benzene rings is 1. The molecule has 1 saturated heterocycles. The summed E-state index contributed by atoms with van der Waals surface area (Å²) in [4.78, 5) is 2.61. The third-order valence-electron chi connectivity index (χ3n) is 4.32. The van der Waals surface area contributed by atoms with Crippen LogP contribution >= 0.6 is 0 Å². The van der Waals surface area contributed by atoms with Gasteiger partial charge in [0.2, 0.25) is 0 Å². The first-order chi connectivity index (χ1) is 9.00. The number of nitrogens with one attached hydrogen (secondary N) is 1. The van der Waals surface area contributed by atoms with E-state index in [9.17, 15) is 0 Å². The molecule has 1 aliphatic heterocycles. The van der Waals surface area contributed by atoms with Crippen molar-refractivity contribution in [3.63, 3.8) is 0 Å². The van der Waals surface area contributed by atoms with Gasteiger partial charge in [0.1, 0.15) is 0 Å². The molecule has 1 fully saturated rings. The van der Waals surface area contributed by atoms with E-state index in [1.807, 2.05) is 0 Å². The standard InChI is InChI=1S/C17H28N2/c1-14-5-7-15(8-6-14)16(18-4)9-11-19-12-10-17(2,3)13-19/h5-8,16,18H,9-13H2,1-4H3. The Morgan fingerprint density at radius 2 is 1.95 bits per heavy atom. The lowest BCUT2D eigenvalue weighted by atomic mass is 9.93. The Kier molecular flexibility index (Phi) is 4.64. The van der Waals surface area contributed by atoms with Gasteiger partial charge in [-0.1, -0.05) is 43.7 Å². The topological polar surface area (TPSA) is 15.3 Å². The average Bonchev–Trinajstić information content (AvgIpc) is 2.72. The summed E-state index contributed by atoms with van der Waals surface area (Å²) in [5.41, 5.74) is 3.25. The Morgan fingerprint density at radius 3 is 2.47 bits per heavy atom. The van der Waals surface area contributed by atoms with Gasteiger partial charge in [0, 0.05) is 12.6 Å². The van der Waals surface area contributed by atoms with Gasteiger partial charge >= 0.3 is 0 Å². The molecule has 19 heavy (non-hydrogen) atoms. The zero-order chi connectivity index (χ0) is 13.9. The summed E-state index contributed by atoms with van der Waals surface area (Å²) in [7, 11) is 2.07. The van der Waals surface area contributed by atoms with Gasteiger partial charge in [-0.25, -0.2) is 0 Å². The minimum absolute atomic E-state index is 0.476. The van der Waals surface area contributed by atoms with Gasteiger partial charge in [-0.3, -0.25) is 0 Å². The van der Waals surface area contributed by atoms with E-state index >= 15 is 0 Å². The molecule has 1 atom stereocenters. The van der Waals surface area contributed by atoms with Crippen LogP contribution in [0.25, 0.3) is 0 Å². The molecule has 0 amide bonds. The van der Waals surface area contributed by atoms with Crippen LogP contribution in [0.1, 0.15) is 43.9 Å². The van der Waals surface area contributed by atoms with Crippen molar-refractivity contribution in [3.05, 3.63) is 35.4 Å². The Bertz CT molecular complexity index is 394. The normalized spacial score (nSPS) is 20.6. The molecule has 0 aliphatic carbocycles. The summed E-state index contributed by atoms with van der Waals surface area (Å²) in [5, 5.41) is 3.46. The molecule has 2 rings (SSSR count). The molecule has 1 aromatic rings. The molecule has 1 unspecified atom stereocenters. The number of likely N-dealkylation sites (tertiary alicyclic amines) is 1. The first kappa shape index (κ1) is 14.5. The summed E-state index contributed by atoms with van der Waals surface area (Å²) in [5.74, 6) is 0. The fraction of sp³-hybridized carbons (Fsp3) is 0.647. The van der Waals surface area contributed by atoms with Crippen LogP contribution < -0.4 is 5.32 Å². The van der Waals surface area contributed by atoms with Gasteiger partial charge in [0.15, 0.2) is 0 Å². The maximum atomic E-state index is 3.46. The van der Waals surface area contributed by atoms with Crippen LogP contribution in [0.3, 0.4) is 0 Å². The number of aryl methyl sites for hydroxylation is 1. The second-order valence-electron chi connectivity index (χ2n) is 6.73. The minimum atomic E-state index is 0.476. The van der Waals surface area contributed by atoms with E-state index in [1.54, 1.807) is 0 Å². The summed E-state index contributed by atoms with van der Waals surface area (Å²) >= 11 is 0. The maximum Gasteiger partial charge on any atom is 0.0329 e. The zero-order valence-corrected chi connectivity index (χ0v) is 12.9. The smallest absolute Gasteiger partial charge is 0.0329 e. The summed E-state index contributed by atoms with van der Waals surface area (Å²) in [6.45, 7) is 10.6. The van der Waals surface area contributed by atoms with Crippen LogP contribution in [0.4, 0.5) is 0 Å². The van der Waals surface area contributed by atoms with Crippen LogP contribution in [0.5, 0.6) is 0 Å². The van der Waals surface area contributed by atoms with Gasteiger partial charge in [-0.15, -0.1) is 0 Å². The molecule has 0 saturated carbocycles. The molecule has 2 nitrogen and oxygen atoms in total. The van der Waals surface area contributed by atoms with Crippen molar-refractivity contribution in [1.29, 1.82) is 0 Å². The van der Waals surface area contributed by atoms with Crippen molar-refractivity contribution in [2.75, 3.05) is 26.7 Å². The van der Waals surface area contributed by atoms with Crippen molar-refractivity contribution in [3.8, 4) is 0 Å². The molecule has 0 bridgehead atoms. The molecule has 1 N–H and O–H groups in total. The van der Waals surface area contributed by atoms with E-state index in [4.69, 9.17) is 0 Å². The van der Waals surface area contributed by atoms with Crippen LogP contribution in [0, 0.1) is 12.3 Å². The molecule has 1 aromatic carbocycles. The molecule has 0 radical (unpaired) electrons. The van der Waals surface area contributed by atoms with Gasteiger partial charge in [-0.05, 0) is 50.9 Å². The maximum absolute atomic E-state index is 3.46. The first-order valence-corrected chi connectivity index (χ1v) is 7.46. The van der Waals surface area contributed by atoms with Gasteiger partial charge in [0.25, 0.3) is 0 Å². The predicted molar refractivity (Wildman–Crippen MR) is 82.4 cm³/mol. The first-order valence-electron chi connectivity index (χ1n) is 7.46. The van der Waals surface area contributed by atoms with Crippen LogP contribution in [0.2, 0.25) is 0 Å². The second-order valence-corrected chi connectivity index (χ2v) is 6.73. The van der Waals surface area contributed by atoms with Gasteiger partial charge in [0.05, 0.1) is 0 Å². The lowest BCUT2D eigenvalue weighted by Gasteiger charge is -2.23. The van der Waals surface area contributed by atoms with E-state index in [0.717, 1.165) is 0 Å². The fourth-order valence-electron chi connectivity index (χ4n) is 3.00. The Labute approximate surface area is 118 Å². The molecule has 106 valence electrons. The summed E-state index contributed by atoms with van der Waals surface area (Å²) in [6, 6.07) is 9.40. The number of hydrogen-bond acceptors (Lipinski definition) is 2. The summed E-state index contributed by atoms with van der Waals surface area (Å²) in [6.07, 6.45) is 2.53. The Balaban J connectivity index is 1.88. The van der Waals surface area contributed by atoms with E-state index in [0.29, 0.717) is 11.5 Å². The monoisotopic (exact) mass is 260 g/mol. The lowest BCUT2D eigenvalue weighted by Crippen LogP contribution is -2.28. The molecule has 1 aliphatic rings. The van der Waals surface area contributed by atoms with Crippen LogP contribution in [0.15, 0.2) is 24.3 Å². The van der Waals surface area contributed by atoms with Crippen molar-refractivity contribution in [2.45, 2.75) is 39.7 Å². The molecular formula is C17H28N2. The van der Waals surface area contributed by atoms with Gasteiger partial charge in [-0.2, -0.15) is 0 Å². The molecule has 0 aromatic heterocycles. The Morgan fingerprint density at radius 1 is 1.26 bits per heavy atom. The predicted octanol–water partition coefficient (Wildman–Crippen LogP) is 3.38. The van der Waals surface area contributed by atoms with Crippen molar-refractivity contribution in [1.82, 2.24) is 10.2 Å². The van der Waals surface area contributed by atoms with E-state index in [-0.39, 0.29) is 0 Å². The largest absolute Gasteiger partial charge is 0.313 e. The Hall–Kier alpha value is -0.860. The second kappa shape index (κ2) is 6.06. The third kappa shape index (κ3) is 4.05. The van der Waals surface area contributed by atoms with Crippen LogP contribution in [-0.4, -0.2) is 31.6 Å². The number of hydrogen-bond donors (Lipinski definition) is 1. The van der Waals surface area contributed by atoms with E-state index < -0.39 is 0 Å². The van der Waals surface area contributed by atoms with E-state index in [1.165, 1.54) is 43.6 Å². The number of nitrogens with zero attached hydrogens (tertiary/aromatic N) is 1. The van der Waals surface area contributed by atoms with Gasteiger partial charge < -0.3 is 10.2 Å². The highest BCUT2D eigenvalue weighted by Crippen LogP contribution is 2.29. The van der Waals surface area contributed by atoms with Crippen molar-refractivity contribution < 1.29 is 0 Å².